The molecule has 3 nitrogen and oxygen atoms in total. The van der Waals surface area contributed by atoms with Crippen LogP contribution in [0.3, 0.4) is 0 Å². The van der Waals surface area contributed by atoms with E-state index in [0.717, 1.165) is 52.9 Å². The van der Waals surface area contributed by atoms with Gasteiger partial charge in [-0.25, -0.2) is 4.98 Å². The van der Waals surface area contributed by atoms with Gasteiger partial charge in [-0.2, -0.15) is 11.8 Å². The van der Waals surface area contributed by atoms with Crippen LogP contribution in [0.1, 0.15) is 78.6 Å². The number of hydrogen-bond acceptors (Lipinski definition) is 4. The van der Waals surface area contributed by atoms with Gasteiger partial charge in [0.1, 0.15) is 9.85 Å². The van der Waals surface area contributed by atoms with Crippen LogP contribution in [0.4, 0.5) is 0 Å². The highest BCUT2D eigenvalue weighted by Gasteiger charge is 2.44. The van der Waals surface area contributed by atoms with Crippen LogP contribution in [-0.4, -0.2) is 21.8 Å². The summed E-state index contributed by atoms with van der Waals surface area (Å²) in [5.41, 5.74) is 6.71. The van der Waals surface area contributed by atoms with E-state index in [1.807, 2.05) is 30.0 Å². The molecule has 1 aliphatic carbocycles. The van der Waals surface area contributed by atoms with Crippen molar-refractivity contribution in [3.63, 3.8) is 0 Å². The number of pyridine rings is 1. The Labute approximate surface area is 254 Å². The summed E-state index contributed by atoms with van der Waals surface area (Å²) < 4.78 is 1.54. The van der Waals surface area contributed by atoms with E-state index in [-0.39, 0.29) is 17.1 Å². The van der Waals surface area contributed by atoms with Gasteiger partial charge in [0.2, 0.25) is 0 Å². The van der Waals surface area contributed by atoms with Crippen molar-refractivity contribution in [1.29, 1.82) is 0 Å². The summed E-state index contributed by atoms with van der Waals surface area (Å²) in [5.74, 6) is 0.670. The van der Waals surface area contributed by atoms with Gasteiger partial charge in [-0.15, -0.1) is 11.3 Å². The first-order valence-corrected chi connectivity index (χ1v) is 16.3. The molecule has 2 aromatic heterocycles. The van der Waals surface area contributed by atoms with Crippen molar-refractivity contribution in [2.24, 2.45) is 5.41 Å². The lowest BCUT2D eigenvalue weighted by atomic mass is 9.93. The summed E-state index contributed by atoms with van der Waals surface area (Å²) in [5, 5.41) is 10.2. The number of carbonyl (C=O) groups is 1. The van der Waals surface area contributed by atoms with Gasteiger partial charge in [-0.05, 0) is 77.5 Å². The van der Waals surface area contributed by atoms with Gasteiger partial charge >= 0.3 is 5.97 Å². The third kappa shape index (κ3) is 7.12. The highest BCUT2D eigenvalue weighted by molar-refractivity contribution is 7.99. The van der Waals surface area contributed by atoms with Gasteiger partial charge in [0.15, 0.2) is 0 Å². The van der Waals surface area contributed by atoms with Crippen molar-refractivity contribution in [3.05, 3.63) is 98.0 Å². The van der Waals surface area contributed by atoms with E-state index in [1.165, 1.54) is 28.0 Å². The first kappa shape index (κ1) is 29.2. The Morgan fingerprint density at radius 1 is 1.10 bits per heavy atom. The standard InChI is InChI=1S/C33H33Cl2NO2S2/c1-21(2)26-9-4-3-7-23(26)11-14-27(39-20-33(16-17-33)19-29(37)38)24-8-5-6-22(18-24)10-12-25-13-15-28-31(36-25)30(34)32(35)40-28/h3-10,12-13,15,18,21,27H,11,14,16-17,19-20H2,1-2H3,(H,37,38)/t27-/m1/s1. The molecule has 1 saturated carbocycles. The van der Waals surface area contributed by atoms with Gasteiger partial charge < -0.3 is 5.11 Å². The third-order valence-corrected chi connectivity index (χ3v) is 11.2. The molecule has 0 bridgehead atoms. The second-order valence-corrected chi connectivity index (χ2v) is 14.3. The lowest BCUT2D eigenvalue weighted by molar-refractivity contribution is -0.138. The van der Waals surface area contributed by atoms with Crippen LogP contribution in [-0.2, 0) is 11.2 Å². The Balaban J connectivity index is 1.36. The van der Waals surface area contributed by atoms with Gasteiger partial charge in [0.25, 0.3) is 0 Å². The first-order chi connectivity index (χ1) is 19.2. The van der Waals surface area contributed by atoms with Crippen molar-refractivity contribution < 1.29 is 9.90 Å². The third-order valence-electron chi connectivity index (χ3n) is 7.62. The number of thioether (sulfide) groups is 1. The fraction of sp³-hybridized carbons (Fsp3) is 0.333. The molecule has 4 aromatic rings. The minimum absolute atomic E-state index is 0.0434. The fourth-order valence-electron chi connectivity index (χ4n) is 5.18. The number of nitrogens with zero attached hydrogens (tertiary/aromatic N) is 1. The number of aliphatic carboxylic acids is 1. The number of fused-ring (bicyclic) bond motifs is 1. The van der Waals surface area contributed by atoms with Crippen LogP contribution in [0.25, 0.3) is 22.4 Å². The van der Waals surface area contributed by atoms with E-state index in [1.54, 1.807) is 0 Å². The normalized spacial score (nSPS) is 15.2. The summed E-state index contributed by atoms with van der Waals surface area (Å²) in [6, 6.07) is 21.4. The Hall–Kier alpha value is -2.31. The molecule has 208 valence electrons. The number of aromatic nitrogens is 1. The molecule has 0 unspecified atom stereocenters. The van der Waals surface area contributed by atoms with Gasteiger partial charge in [-0.1, -0.05) is 91.7 Å². The second kappa shape index (κ2) is 12.7. The summed E-state index contributed by atoms with van der Waals surface area (Å²) in [6.07, 6.45) is 8.37. The lowest BCUT2D eigenvalue weighted by Gasteiger charge is -2.22. The van der Waals surface area contributed by atoms with Crippen molar-refractivity contribution in [1.82, 2.24) is 4.98 Å². The molecule has 1 fully saturated rings. The maximum absolute atomic E-state index is 11.5. The van der Waals surface area contributed by atoms with Crippen molar-refractivity contribution in [2.45, 2.75) is 57.1 Å². The van der Waals surface area contributed by atoms with Crippen molar-refractivity contribution >= 4 is 74.6 Å². The second-order valence-electron chi connectivity index (χ2n) is 11.0. The number of carboxylic acid groups (broad SMARTS) is 1. The minimum atomic E-state index is -0.689. The molecule has 40 heavy (non-hydrogen) atoms. The number of benzene rings is 2. The van der Waals surface area contributed by atoms with E-state index < -0.39 is 5.97 Å². The van der Waals surface area contributed by atoms with Crippen LogP contribution < -0.4 is 0 Å². The summed E-state index contributed by atoms with van der Waals surface area (Å²) in [4.78, 5) is 16.2. The first-order valence-electron chi connectivity index (χ1n) is 13.7. The number of rotatable bonds is 12. The van der Waals surface area contributed by atoms with E-state index in [2.05, 4.69) is 68.5 Å². The molecule has 1 atom stereocenters. The highest BCUT2D eigenvalue weighted by Crippen LogP contribution is 2.53. The van der Waals surface area contributed by atoms with Crippen LogP contribution >= 0.6 is 46.3 Å². The zero-order chi connectivity index (χ0) is 28.3. The van der Waals surface area contributed by atoms with Gasteiger partial charge in [0.05, 0.1) is 21.8 Å². The molecule has 0 aliphatic heterocycles. The number of aryl methyl sites for hydroxylation is 1. The van der Waals surface area contributed by atoms with Crippen molar-refractivity contribution in [2.75, 3.05) is 5.75 Å². The molecular formula is C33H33Cl2NO2S2. The van der Waals surface area contributed by atoms with Gasteiger partial charge in [-0.3, -0.25) is 4.79 Å². The Bertz CT molecular complexity index is 1540. The maximum Gasteiger partial charge on any atom is 0.303 e. The van der Waals surface area contributed by atoms with E-state index >= 15 is 0 Å². The Kier molecular flexibility index (Phi) is 9.26. The predicted molar refractivity (Wildman–Crippen MR) is 173 cm³/mol. The average Bonchev–Trinajstić information content (AvgIpc) is 3.64. The van der Waals surface area contributed by atoms with E-state index in [9.17, 15) is 9.90 Å². The summed E-state index contributed by atoms with van der Waals surface area (Å²) >= 11 is 15.9. The van der Waals surface area contributed by atoms with Crippen LogP contribution in [0.2, 0.25) is 9.36 Å². The Morgan fingerprint density at radius 3 is 2.65 bits per heavy atom. The largest absolute Gasteiger partial charge is 0.481 e. The molecule has 0 radical (unpaired) electrons. The van der Waals surface area contributed by atoms with Gasteiger partial charge in [0, 0.05) is 11.0 Å². The minimum Gasteiger partial charge on any atom is -0.481 e. The molecule has 1 N–H and O–H groups in total. The molecule has 0 spiro atoms. The quantitative estimate of drug-likeness (QED) is 0.173. The van der Waals surface area contributed by atoms with Crippen LogP contribution in [0.15, 0.2) is 60.7 Å². The molecule has 0 saturated heterocycles. The topological polar surface area (TPSA) is 50.2 Å². The van der Waals surface area contributed by atoms with E-state index in [0.29, 0.717) is 15.3 Å². The molecule has 2 heterocycles. The zero-order valence-electron chi connectivity index (χ0n) is 22.7. The maximum atomic E-state index is 11.5. The SMILES string of the molecule is CC(C)c1ccccc1CC[C@@H](SCC1(CC(=O)O)CC1)c1cccc(C=Cc2ccc3sc(Cl)c(Cl)c3n2)c1. The van der Waals surface area contributed by atoms with Crippen LogP contribution in [0.5, 0.6) is 0 Å². The predicted octanol–water partition coefficient (Wildman–Crippen LogP) is 10.6. The smallest absolute Gasteiger partial charge is 0.303 e. The zero-order valence-corrected chi connectivity index (χ0v) is 25.8. The lowest BCUT2D eigenvalue weighted by Crippen LogP contribution is -2.12. The number of carboxylic acids is 1. The van der Waals surface area contributed by atoms with Crippen LogP contribution in [0, 0.1) is 5.41 Å². The molecule has 2 aromatic carbocycles. The number of halogens is 2. The molecule has 7 heteroatoms. The molecule has 0 amide bonds. The summed E-state index contributed by atoms with van der Waals surface area (Å²) in [7, 11) is 0. The fourth-order valence-corrected chi connectivity index (χ4v) is 8.16. The number of hydrogen-bond donors (Lipinski definition) is 1. The molecule has 1 aliphatic rings. The van der Waals surface area contributed by atoms with E-state index in [4.69, 9.17) is 28.2 Å². The summed E-state index contributed by atoms with van der Waals surface area (Å²) in [6.45, 7) is 4.49. The Morgan fingerprint density at radius 2 is 1.90 bits per heavy atom. The monoisotopic (exact) mass is 609 g/mol. The molecular weight excluding hydrogens is 577 g/mol. The highest BCUT2D eigenvalue weighted by atomic mass is 35.5. The number of thiophene rings is 1. The van der Waals surface area contributed by atoms with Crippen molar-refractivity contribution in [3.8, 4) is 0 Å². The average molecular weight is 611 g/mol. The molecule has 5 rings (SSSR count).